The summed E-state index contributed by atoms with van der Waals surface area (Å²) in [6, 6.07) is 3.90. The van der Waals surface area contributed by atoms with Crippen LogP contribution in [0.2, 0.25) is 0 Å². The largest absolute Gasteiger partial charge is 0.493 e. The smallest absolute Gasteiger partial charge is 0.203 e. The topological polar surface area (TPSA) is 45.0 Å². The number of methoxy groups -OCH3 is 3. The van der Waals surface area contributed by atoms with Crippen molar-refractivity contribution >= 4 is 6.08 Å². The predicted octanol–water partition coefficient (Wildman–Crippen LogP) is 1.65. The van der Waals surface area contributed by atoms with Crippen molar-refractivity contribution in [1.29, 1.82) is 0 Å². The molecule has 5 nitrogen and oxygen atoms in total. The Morgan fingerprint density at radius 2 is 1.67 bits per heavy atom. The first kappa shape index (κ1) is 15.7. The number of hydrogen-bond donors (Lipinski definition) is 0. The van der Waals surface area contributed by atoms with Gasteiger partial charge in [0.05, 0.1) is 21.3 Å². The molecule has 0 spiro atoms. The summed E-state index contributed by atoms with van der Waals surface area (Å²) in [6.07, 6.45) is 4.24. The Morgan fingerprint density at radius 1 is 1.05 bits per heavy atom. The number of benzene rings is 1. The van der Waals surface area contributed by atoms with Gasteiger partial charge in [-0.05, 0) is 17.7 Å². The minimum absolute atomic E-state index is 0.620. The van der Waals surface area contributed by atoms with E-state index in [9.17, 15) is 0 Å². The van der Waals surface area contributed by atoms with E-state index in [0.29, 0.717) is 17.2 Å². The van der Waals surface area contributed by atoms with Gasteiger partial charge in [0.15, 0.2) is 11.5 Å². The third kappa shape index (κ3) is 4.12. The number of nitrogens with zero attached hydrogens (tertiary/aromatic N) is 2. The van der Waals surface area contributed by atoms with Crippen LogP contribution in [0.5, 0.6) is 17.2 Å². The summed E-state index contributed by atoms with van der Waals surface area (Å²) in [7, 11) is 4.86. The minimum atomic E-state index is 0.620. The van der Waals surface area contributed by atoms with Gasteiger partial charge in [-0.3, -0.25) is 4.90 Å². The summed E-state index contributed by atoms with van der Waals surface area (Å²) in [4.78, 5) is 2.39. The summed E-state index contributed by atoms with van der Waals surface area (Å²) in [5, 5.41) is 4.35. The quantitative estimate of drug-likeness (QED) is 0.799. The summed E-state index contributed by atoms with van der Waals surface area (Å²) in [5.41, 5.74) is 1.03. The van der Waals surface area contributed by atoms with Gasteiger partial charge in [0.2, 0.25) is 5.75 Å². The molecule has 1 fully saturated rings. The normalized spacial score (nSPS) is 16.1. The lowest BCUT2D eigenvalue weighted by Crippen LogP contribution is -2.40. The molecule has 5 heteroatoms. The third-order valence-electron chi connectivity index (χ3n) is 3.51. The van der Waals surface area contributed by atoms with Gasteiger partial charge in [0.1, 0.15) is 0 Å². The predicted molar refractivity (Wildman–Crippen MR) is 83.4 cm³/mol. The highest BCUT2D eigenvalue weighted by atomic mass is 16.5. The molecule has 0 atom stereocenters. The van der Waals surface area contributed by atoms with Crippen LogP contribution in [0.4, 0.5) is 0 Å². The molecular formula is C16H23N2O3. The van der Waals surface area contributed by atoms with Crippen LogP contribution in [0.3, 0.4) is 0 Å². The number of piperazine rings is 1. The second kappa shape index (κ2) is 7.90. The molecule has 1 heterocycles. The van der Waals surface area contributed by atoms with Crippen LogP contribution in [-0.4, -0.2) is 59.0 Å². The molecule has 21 heavy (non-hydrogen) atoms. The van der Waals surface area contributed by atoms with Crippen LogP contribution in [0.1, 0.15) is 5.56 Å². The van der Waals surface area contributed by atoms with Crippen LogP contribution >= 0.6 is 0 Å². The van der Waals surface area contributed by atoms with E-state index in [2.05, 4.69) is 22.4 Å². The van der Waals surface area contributed by atoms with Gasteiger partial charge < -0.3 is 14.2 Å². The number of ether oxygens (including phenoxy) is 3. The fraction of sp³-hybridized carbons (Fsp3) is 0.500. The van der Waals surface area contributed by atoms with Crippen molar-refractivity contribution in [2.75, 3.05) is 54.1 Å². The van der Waals surface area contributed by atoms with Crippen molar-refractivity contribution in [2.24, 2.45) is 0 Å². The maximum Gasteiger partial charge on any atom is 0.203 e. The second-order valence-electron chi connectivity index (χ2n) is 4.83. The van der Waals surface area contributed by atoms with Gasteiger partial charge in [0.25, 0.3) is 0 Å². The molecule has 1 saturated heterocycles. The summed E-state index contributed by atoms with van der Waals surface area (Å²) in [5.74, 6) is 1.97. The van der Waals surface area contributed by atoms with E-state index in [1.54, 1.807) is 21.3 Å². The van der Waals surface area contributed by atoms with E-state index >= 15 is 0 Å². The lowest BCUT2D eigenvalue weighted by molar-refractivity contribution is 0.262. The van der Waals surface area contributed by atoms with Gasteiger partial charge in [-0.2, -0.15) is 0 Å². The summed E-state index contributed by atoms with van der Waals surface area (Å²) in [6.45, 7) is 4.90. The number of rotatable bonds is 6. The second-order valence-corrected chi connectivity index (χ2v) is 4.83. The fourth-order valence-corrected chi connectivity index (χ4v) is 2.37. The zero-order valence-electron chi connectivity index (χ0n) is 13.0. The van der Waals surface area contributed by atoms with E-state index < -0.39 is 0 Å². The Kier molecular flexibility index (Phi) is 5.90. The van der Waals surface area contributed by atoms with Crippen LogP contribution in [0.25, 0.3) is 6.08 Å². The van der Waals surface area contributed by atoms with Gasteiger partial charge in [-0.1, -0.05) is 12.2 Å². The van der Waals surface area contributed by atoms with Crippen molar-refractivity contribution in [3.8, 4) is 17.2 Å². The molecule has 0 aliphatic carbocycles. The molecule has 2 rings (SSSR count). The van der Waals surface area contributed by atoms with E-state index in [1.165, 1.54) is 0 Å². The Hall–Kier alpha value is -1.72. The van der Waals surface area contributed by atoms with Crippen molar-refractivity contribution < 1.29 is 14.2 Å². The molecule has 1 aliphatic heterocycles. The summed E-state index contributed by atoms with van der Waals surface area (Å²) < 4.78 is 16.0. The highest BCUT2D eigenvalue weighted by Crippen LogP contribution is 2.38. The Balaban J connectivity index is 2.08. The zero-order chi connectivity index (χ0) is 15.1. The molecule has 0 aromatic heterocycles. The van der Waals surface area contributed by atoms with Gasteiger partial charge in [-0.15, -0.1) is 0 Å². The van der Waals surface area contributed by atoms with Gasteiger partial charge in [0, 0.05) is 32.7 Å². The Morgan fingerprint density at radius 3 is 2.19 bits per heavy atom. The first-order valence-corrected chi connectivity index (χ1v) is 7.10. The standard InChI is InChI=1S/C16H23N2O3/c1-19-14-11-13(12-15(20-2)16(14)21-3)5-4-8-18-9-6-17-7-10-18/h4-5,11-12H,6-10H2,1-3H3. The van der Waals surface area contributed by atoms with Crippen LogP contribution in [-0.2, 0) is 0 Å². The summed E-state index contributed by atoms with van der Waals surface area (Å²) >= 11 is 0. The molecular weight excluding hydrogens is 268 g/mol. The van der Waals surface area contributed by atoms with Crippen molar-refractivity contribution in [1.82, 2.24) is 10.2 Å². The molecule has 1 aromatic carbocycles. The maximum absolute atomic E-state index is 5.35. The molecule has 0 unspecified atom stereocenters. The van der Waals surface area contributed by atoms with Gasteiger partial charge >= 0.3 is 0 Å². The van der Waals surface area contributed by atoms with Crippen LogP contribution in [0, 0.1) is 0 Å². The molecule has 1 aromatic rings. The monoisotopic (exact) mass is 291 g/mol. The van der Waals surface area contributed by atoms with Crippen LogP contribution < -0.4 is 19.5 Å². The maximum atomic E-state index is 5.35. The first-order valence-electron chi connectivity index (χ1n) is 7.10. The highest BCUT2D eigenvalue weighted by Gasteiger charge is 2.12. The van der Waals surface area contributed by atoms with Crippen molar-refractivity contribution in [3.63, 3.8) is 0 Å². The molecule has 1 radical (unpaired) electrons. The van der Waals surface area contributed by atoms with E-state index in [-0.39, 0.29) is 0 Å². The van der Waals surface area contributed by atoms with Gasteiger partial charge in [-0.25, -0.2) is 5.32 Å². The van der Waals surface area contributed by atoms with E-state index in [1.807, 2.05) is 12.1 Å². The molecule has 0 bridgehead atoms. The van der Waals surface area contributed by atoms with Crippen molar-refractivity contribution in [2.45, 2.75) is 0 Å². The van der Waals surface area contributed by atoms with E-state index in [0.717, 1.165) is 38.3 Å². The van der Waals surface area contributed by atoms with E-state index in [4.69, 9.17) is 14.2 Å². The molecule has 0 N–H and O–H groups in total. The van der Waals surface area contributed by atoms with Crippen molar-refractivity contribution in [3.05, 3.63) is 23.8 Å². The molecule has 0 saturated carbocycles. The Bertz CT molecular complexity index is 457. The Labute approximate surface area is 126 Å². The first-order chi connectivity index (χ1) is 10.3. The molecule has 115 valence electrons. The average Bonchev–Trinajstić information content (AvgIpc) is 2.54. The molecule has 0 amide bonds. The third-order valence-corrected chi connectivity index (χ3v) is 3.51. The SMILES string of the molecule is COc1cc(C=CCN2CC[N]CC2)cc(OC)c1OC. The fourth-order valence-electron chi connectivity index (χ4n) is 2.37. The molecule has 1 aliphatic rings. The zero-order valence-corrected chi connectivity index (χ0v) is 13.0. The number of hydrogen-bond acceptors (Lipinski definition) is 4. The van der Waals surface area contributed by atoms with Crippen LogP contribution in [0.15, 0.2) is 18.2 Å². The lowest BCUT2D eigenvalue weighted by atomic mass is 10.1. The highest BCUT2D eigenvalue weighted by molar-refractivity contribution is 5.62. The lowest BCUT2D eigenvalue weighted by Gasteiger charge is -2.24. The minimum Gasteiger partial charge on any atom is -0.493 e. The average molecular weight is 291 g/mol.